The monoisotopic (exact) mass is 494 g/mol. The molecule has 2 aromatic carbocycles. The third kappa shape index (κ3) is 5.74. The first-order valence-electron chi connectivity index (χ1n) is 9.63. The lowest BCUT2D eigenvalue weighted by Gasteiger charge is -2.17. The molecule has 1 aliphatic rings. The molecule has 0 bridgehead atoms. The number of nitrogens with one attached hydrogen (secondary N) is 2. The van der Waals surface area contributed by atoms with Gasteiger partial charge in [0.25, 0.3) is 5.91 Å². The Kier molecular flexibility index (Phi) is 7.45. The zero-order chi connectivity index (χ0) is 22.7. The van der Waals surface area contributed by atoms with Crippen LogP contribution in [0.15, 0.2) is 55.1 Å². The van der Waals surface area contributed by atoms with E-state index in [1.807, 2.05) is 0 Å². The number of rotatable bonds is 7. The Labute approximate surface area is 198 Å². The van der Waals surface area contributed by atoms with Crippen LogP contribution in [0.1, 0.15) is 28.8 Å². The van der Waals surface area contributed by atoms with Gasteiger partial charge in [-0.25, -0.2) is 18.7 Å². The van der Waals surface area contributed by atoms with Gasteiger partial charge in [0.15, 0.2) is 23.1 Å². The summed E-state index contributed by atoms with van der Waals surface area (Å²) in [6.07, 6.45) is 5.01. The summed E-state index contributed by atoms with van der Waals surface area (Å²) in [5.41, 5.74) is -0.277. The quantitative estimate of drug-likeness (QED) is 0.513. The average Bonchev–Trinajstić information content (AvgIpc) is 3.56. The molecule has 7 nitrogen and oxygen atoms in total. The molecule has 1 heterocycles. The largest absolute Gasteiger partial charge is 0.451 e. The number of hydrogen-bond acceptors (Lipinski definition) is 5. The molecule has 2 N–H and O–H groups in total. The SMILES string of the molecule is Cl.O=C(NC1(C(=O)NCc2ccc(Oc3ccc(Cl)cc3F)c(F)c2)CC1)c1cncnc1. The zero-order valence-electron chi connectivity index (χ0n) is 17.0. The van der Waals surface area contributed by atoms with E-state index in [1.165, 1.54) is 43.0 Å². The van der Waals surface area contributed by atoms with Gasteiger partial charge in [0.1, 0.15) is 11.9 Å². The van der Waals surface area contributed by atoms with E-state index in [-0.39, 0.29) is 46.9 Å². The van der Waals surface area contributed by atoms with Gasteiger partial charge in [0, 0.05) is 24.0 Å². The number of amides is 2. The Balaban J connectivity index is 0.00000306. The minimum atomic E-state index is -0.999. The molecule has 0 atom stereocenters. The Morgan fingerprint density at radius 2 is 1.67 bits per heavy atom. The topological polar surface area (TPSA) is 93.2 Å². The third-order valence-corrected chi connectivity index (χ3v) is 5.16. The maximum Gasteiger partial charge on any atom is 0.255 e. The predicted molar refractivity (Wildman–Crippen MR) is 118 cm³/mol. The second kappa shape index (κ2) is 10.1. The van der Waals surface area contributed by atoms with Gasteiger partial charge in [0.05, 0.1) is 5.56 Å². The second-order valence-corrected chi connectivity index (χ2v) is 7.72. The molecule has 1 fully saturated rings. The number of carbonyl (C=O) groups is 2. The fourth-order valence-corrected chi connectivity index (χ4v) is 3.16. The van der Waals surface area contributed by atoms with Crippen molar-refractivity contribution in [2.75, 3.05) is 0 Å². The number of aromatic nitrogens is 2. The van der Waals surface area contributed by atoms with Gasteiger partial charge >= 0.3 is 0 Å². The molecule has 0 saturated heterocycles. The van der Waals surface area contributed by atoms with Crippen LogP contribution in [-0.4, -0.2) is 27.3 Å². The van der Waals surface area contributed by atoms with E-state index >= 15 is 0 Å². The number of carbonyl (C=O) groups excluding carboxylic acids is 2. The fourth-order valence-electron chi connectivity index (χ4n) is 3.00. The zero-order valence-corrected chi connectivity index (χ0v) is 18.6. The minimum absolute atomic E-state index is 0. The Hall–Kier alpha value is -3.30. The van der Waals surface area contributed by atoms with Crippen LogP contribution >= 0.6 is 24.0 Å². The molecule has 4 rings (SSSR count). The van der Waals surface area contributed by atoms with Crippen molar-refractivity contribution in [1.82, 2.24) is 20.6 Å². The molecule has 0 unspecified atom stereocenters. The maximum atomic E-state index is 14.4. The molecular formula is C22H18Cl2F2N4O3. The van der Waals surface area contributed by atoms with Crippen LogP contribution in [0.2, 0.25) is 5.02 Å². The Morgan fingerprint density at radius 1 is 1.03 bits per heavy atom. The van der Waals surface area contributed by atoms with E-state index in [0.29, 0.717) is 18.4 Å². The highest BCUT2D eigenvalue weighted by atomic mass is 35.5. The van der Waals surface area contributed by atoms with E-state index in [4.69, 9.17) is 16.3 Å². The number of nitrogens with zero attached hydrogens (tertiary/aromatic N) is 2. The van der Waals surface area contributed by atoms with Gasteiger partial charge < -0.3 is 15.4 Å². The summed E-state index contributed by atoms with van der Waals surface area (Å²) in [6.45, 7) is 0.0391. The van der Waals surface area contributed by atoms with Crippen molar-refractivity contribution in [3.8, 4) is 11.5 Å². The highest BCUT2D eigenvalue weighted by molar-refractivity contribution is 6.30. The van der Waals surface area contributed by atoms with Gasteiger partial charge in [-0.3, -0.25) is 9.59 Å². The summed E-state index contributed by atoms with van der Waals surface area (Å²) in [5.74, 6) is -2.58. The minimum Gasteiger partial charge on any atom is -0.451 e. The van der Waals surface area contributed by atoms with Crippen molar-refractivity contribution >= 4 is 35.8 Å². The smallest absolute Gasteiger partial charge is 0.255 e. The summed E-state index contributed by atoms with van der Waals surface area (Å²) in [6, 6.07) is 7.87. The molecular weight excluding hydrogens is 477 g/mol. The number of ether oxygens (including phenoxy) is 1. The normalized spacial score (nSPS) is 13.4. The van der Waals surface area contributed by atoms with Gasteiger partial charge in [0.2, 0.25) is 5.91 Å². The van der Waals surface area contributed by atoms with Crippen molar-refractivity contribution in [3.05, 3.63) is 82.9 Å². The van der Waals surface area contributed by atoms with Crippen molar-refractivity contribution in [1.29, 1.82) is 0 Å². The molecule has 172 valence electrons. The van der Waals surface area contributed by atoms with E-state index in [9.17, 15) is 18.4 Å². The molecule has 0 spiro atoms. The summed E-state index contributed by atoms with van der Waals surface area (Å²) < 4.78 is 33.6. The van der Waals surface area contributed by atoms with Crippen LogP contribution in [-0.2, 0) is 11.3 Å². The molecule has 1 saturated carbocycles. The van der Waals surface area contributed by atoms with E-state index in [0.717, 1.165) is 6.07 Å². The van der Waals surface area contributed by atoms with Crippen molar-refractivity contribution in [2.45, 2.75) is 24.9 Å². The van der Waals surface area contributed by atoms with Crippen molar-refractivity contribution < 1.29 is 23.1 Å². The van der Waals surface area contributed by atoms with Crippen molar-refractivity contribution in [3.63, 3.8) is 0 Å². The lowest BCUT2D eigenvalue weighted by molar-refractivity contribution is -0.124. The standard InChI is InChI=1S/C22H17ClF2N4O3.ClH/c23-15-2-4-19(17(25)8-15)32-18-3-1-13(7-16(18)24)9-28-21(31)22(5-6-22)29-20(30)14-10-26-12-27-11-14;/h1-4,7-8,10-12H,5-6,9H2,(H,28,31)(H,29,30);1H. The van der Waals surface area contributed by atoms with Crippen LogP contribution in [0.25, 0.3) is 0 Å². The van der Waals surface area contributed by atoms with Crippen LogP contribution in [0.4, 0.5) is 8.78 Å². The van der Waals surface area contributed by atoms with Gasteiger partial charge in [-0.2, -0.15) is 0 Å². The molecule has 0 aliphatic heterocycles. The van der Waals surface area contributed by atoms with Crippen LogP contribution in [0, 0.1) is 11.6 Å². The number of benzene rings is 2. The van der Waals surface area contributed by atoms with Crippen LogP contribution in [0.5, 0.6) is 11.5 Å². The average molecular weight is 495 g/mol. The fraction of sp³-hybridized carbons (Fsp3) is 0.182. The summed E-state index contributed by atoms with van der Waals surface area (Å²) in [7, 11) is 0. The molecule has 33 heavy (non-hydrogen) atoms. The van der Waals surface area contributed by atoms with E-state index in [2.05, 4.69) is 20.6 Å². The summed E-state index contributed by atoms with van der Waals surface area (Å²) in [5, 5.41) is 5.61. The van der Waals surface area contributed by atoms with Crippen molar-refractivity contribution in [2.24, 2.45) is 0 Å². The lowest BCUT2D eigenvalue weighted by Crippen LogP contribution is -2.48. The molecule has 2 amide bonds. The van der Waals surface area contributed by atoms with E-state index in [1.54, 1.807) is 6.07 Å². The third-order valence-electron chi connectivity index (χ3n) is 4.92. The maximum absolute atomic E-state index is 14.4. The molecule has 0 radical (unpaired) electrons. The molecule has 11 heteroatoms. The lowest BCUT2D eigenvalue weighted by atomic mass is 10.1. The highest BCUT2D eigenvalue weighted by Crippen LogP contribution is 2.36. The first kappa shape index (κ1) is 24.3. The first-order chi connectivity index (χ1) is 15.4. The van der Waals surface area contributed by atoms with Gasteiger partial charge in [-0.15, -0.1) is 12.4 Å². The predicted octanol–water partition coefficient (Wildman–Crippen LogP) is 4.20. The molecule has 1 aromatic heterocycles. The van der Waals surface area contributed by atoms with Gasteiger partial charge in [-0.05, 0) is 48.7 Å². The van der Waals surface area contributed by atoms with Gasteiger partial charge in [-0.1, -0.05) is 17.7 Å². The molecule has 3 aromatic rings. The Bertz CT molecular complexity index is 1180. The Morgan fingerprint density at radius 3 is 2.27 bits per heavy atom. The number of hydrogen-bond donors (Lipinski definition) is 2. The van der Waals surface area contributed by atoms with E-state index < -0.39 is 23.1 Å². The summed E-state index contributed by atoms with van der Waals surface area (Å²) in [4.78, 5) is 32.4. The first-order valence-corrected chi connectivity index (χ1v) is 10.0. The molecule has 1 aliphatic carbocycles. The van der Waals surface area contributed by atoms with Crippen LogP contribution in [0.3, 0.4) is 0 Å². The highest BCUT2D eigenvalue weighted by Gasteiger charge is 2.51. The number of halogens is 4. The second-order valence-electron chi connectivity index (χ2n) is 7.29. The van der Waals surface area contributed by atoms with Crippen LogP contribution < -0.4 is 15.4 Å². The summed E-state index contributed by atoms with van der Waals surface area (Å²) >= 11 is 5.69.